The molecule has 0 bridgehead atoms. The summed E-state index contributed by atoms with van der Waals surface area (Å²) in [6.45, 7) is 5.97. The van der Waals surface area contributed by atoms with Gasteiger partial charge in [-0.15, -0.1) is 0 Å². The third-order valence-electron chi connectivity index (χ3n) is 6.44. The summed E-state index contributed by atoms with van der Waals surface area (Å²) in [7, 11) is -3.50. The molecule has 1 aromatic carbocycles. The van der Waals surface area contributed by atoms with Crippen molar-refractivity contribution in [3.63, 3.8) is 0 Å². The van der Waals surface area contributed by atoms with Crippen LogP contribution >= 0.6 is 0 Å². The fraction of sp³-hybridized carbons (Fsp3) is 0.625. The molecule has 0 aliphatic carbocycles. The lowest BCUT2D eigenvalue weighted by molar-refractivity contribution is -0.160. The molecule has 0 saturated carbocycles. The molecule has 10 heteroatoms. The Hall–Kier alpha value is -2.46. The van der Waals surface area contributed by atoms with E-state index in [2.05, 4.69) is 0 Å². The molecule has 0 N–H and O–H groups in total. The van der Waals surface area contributed by atoms with Crippen LogP contribution in [0.4, 0.5) is 0 Å². The lowest BCUT2D eigenvalue weighted by Gasteiger charge is -2.35. The van der Waals surface area contributed by atoms with Gasteiger partial charge in [0.2, 0.25) is 15.9 Å². The quantitative estimate of drug-likeness (QED) is 0.537. The first kappa shape index (κ1) is 26.2. The van der Waals surface area contributed by atoms with E-state index in [1.165, 1.54) is 6.92 Å². The van der Waals surface area contributed by atoms with Gasteiger partial charge in [-0.1, -0.05) is 25.0 Å². The molecule has 0 aromatic heterocycles. The highest BCUT2D eigenvalue weighted by Crippen LogP contribution is 2.21. The largest absolute Gasteiger partial charge is 0.453 e. The number of ether oxygens (including phenoxy) is 1. The Labute approximate surface area is 202 Å². The SMILES string of the molecule is CC(=O)N1CCN(C(=O)C(C)OC(=O)CCc2ccc(S(=O)(=O)N3CCCCCC3)cc2)CC1. The maximum atomic E-state index is 12.9. The number of esters is 1. The van der Waals surface area contributed by atoms with Crippen LogP contribution in [0.3, 0.4) is 0 Å². The van der Waals surface area contributed by atoms with Gasteiger partial charge in [-0.05, 0) is 43.9 Å². The van der Waals surface area contributed by atoms with Gasteiger partial charge in [0.1, 0.15) is 0 Å². The van der Waals surface area contributed by atoms with Crippen LogP contribution in [0.15, 0.2) is 29.2 Å². The molecule has 2 aliphatic heterocycles. The summed E-state index contributed by atoms with van der Waals surface area (Å²) in [4.78, 5) is 39.8. The average molecular weight is 494 g/mol. The molecule has 2 amide bonds. The smallest absolute Gasteiger partial charge is 0.306 e. The lowest BCUT2D eigenvalue weighted by atomic mass is 10.1. The minimum absolute atomic E-state index is 0.0147. The topological polar surface area (TPSA) is 104 Å². The van der Waals surface area contributed by atoms with Gasteiger partial charge in [0, 0.05) is 52.6 Å². The van der Waals surface area contributed by atoms with Gasteiger partial charge in [-0.3, -0.25) is 14.4 Å². The summed E-state index contributed by atoms with van der Waals surface area (Å²) in [5.41, 5.74) is 0.825. The number of benzene rings is 1. The summed E-state index contributed by atoms with van der Waals surface area (Å²) in [5.74, 6) is -0.761. The molecule has 0 radical (unpaired) electrons. The predicted molar refractivity (Wildman–Crippen MR) is 126 cm³/mol. The van der Waals surface area contributed by atoms with Crippen molar-refractivity contribution in [2.45, 2.75) is 63.4 Å². The normalized spacial score (nSPS) is 18.8. The second-order valence-corrected chi connectivity index (χ2v) is 10.9. The molecule has 9 nitrogen and oxygen atoms in total. The van der Waals surface area contributed by atoms with Gasteiger partial charge >= 0.3 is 5.97 Å². The third kappa shape index (κ3) is 6.79. The van der Waals surface area contributed by atoms with Crippen LogP contribution in [0, 0.1) is 0 Å². The van der Waals surface area contributed by atoms with E-state index in [4.69, 9.17) is 4.74 Å². The van der Waals surface area contributed by atoms with Crippen LogP contribution in [0.5, 0.6) is 0 Å². The van der Waals surface area contributed by atoms with E-state index in [-0.39, 0.29) is 23.1 Å². The highest BCUT2D eigenvalue weighted by molar-refractivity contribution is 7.89. The monoisotopic (exact) mass is 493 g/mol. The minimum atomic E-state index is -3.50. The Balaban J connectivity index is 1.46. The number of amides is 2. The molecule has 2 saturated heterocycles. The van der Waals surface area contributed by atoms with Crippen LogP contribution in [-0.4, -0.2) is 85.7 Å². The number of carbonyl (C=O) groups is 3. The predicted octanol–water partition coefficient (Wildman–Crippen LogP) is 1.81. The Morgan fingerprint density at radius 3 is 2.00 bits per heavy atom. The van der Waals surface area contributed by atoms with Crippen LogP contribution in [0.1, 0.15) is 51.5 Å². The number of sulfonamides is 1. The van der Waals surface area contributed by atoms with E-state index in [1.807, 2.05) is 0 Å². The highest BCUT2D eigenvalue weighted by Gasteiger charge is 2.28. The first-order valence-corrected chi connectivity index (χ1v) is 13.5. The number of rotatable bonds is 7. The van der Waals surface area contributed by atoms with Crippen LogP contribution in [0.2, 0.25) is 0 Å². The molecular formula is C24H35N3O6S. The molecule has 2 aliphatic rings. The van der Waals surface area contributed by atoms with Crippen LogP contribution in [0.25, 0.3) is 0 Å². The van der Waals surface area contributed by atoms with Crippen molar-refractivity contribution in [2.24, 2.45) is 0 Å². The van der Waals surface area contributed by atoms with Crippen molar-refractivity contribution in [1.29, 1.82) is 0 Å². The molecule has 1 atom stereocenters. The van der Waals surface area contributed by atoms with E-state index in [0.717, 1.165) is 31.2 Å². The van der Waals surface area contributed by atoms with Crippen LogP contribution in [-0.2, 0) is 35.6 Å². The van der Waals surface area contributed by atoms with Gasteiger partial charge in [0.15, 0.2) is 6.10 Å². The zero-order valence-corrected chi connectivity index (χ0v) is 20.9. The molecule has 34 heavy (non-hydrogen) atoms. The van der Waals surface area contributed by atoms with Crippen molar-refractivity contribution in [1.82, 2.24) is 14.1 Å². The second kappa shape index (κ2) is 11.8. The maximum Gasteiger partial charge on any atom is 0.306 e. The van der Waals surface area contributed by atoms with E-state index >= 15 is 0 Å². The molecular weight excluding hydrogens is 458 g/mol. The van der Waals surface area contributed by atoms with Crippen molar-refractivity contribution in [2.75, 3.05) is 39.3 Å². The molecule has 1 unspecified atom stereocenters. The van der Waals surface area contributed by atoms with Gasteiger partial charge in [-0.2, -0.15) is 4.31 Å². The highest BCUT2D eigenvalue weighted by atomic mass is 32.2. The fourth-order valence-corrected chi connectivity index (χ4v) is 5.83. The van der Waals surface area contributed by atoms with Crippen molar-refractivity contribution >= 4 is 27.8 Å². The van der Waals surface area contributed by atoms with Gasteiger partial charge < -0.3 is 14.5 Å². The summed E-state index contributed by atoms with van der Waals surface area (Å²) in [5, 5.41) is 0. The number of aryl methyl sites for hydroxylation is 1. The Morgan fingerprint density at radius 2 is 1.44 bits per heavy atom. The average Bonchev–Trinajstić information content (AvgIpc) is 3.13. The number of nitrogens with zero attached hydrogens (tertiary/aromatic N) is 3. The summed E-state index contributed by atoms with van der Waals surface area (Å²) < 4.78 is 32.6. The first-order chi connectivity index (χ1) is 16.2. The molecule has 0 spiro atoms. The molecule has 1 aromatic rings. The second-order valence-electron chi connectivity index (χ2n) is 8.93. The molecule has 188 valence electrons. The van der Waals surface area contributed by atoms with Crippen LogP contribution < -0.4 is 0 Å². The summed E-state index contributed by atoms with van der Waals surface area (Å²) in [6, 6.07) is 6.63. The van der Waals surface area contributed by atoms with E-state index < -0.39 is 22.1 Å². The number of hydrogen-bond donors (Lipinski definition) is 0. The Kier molecular flexibility index (Phi) is 9.07. The van der Waals surface area contributed by atoms with Gasteiger partial charge in [-0.25, -0.2) is 8.42 Å². The lowest BCUT2D eigenvalue weighted by Crippen LogP contribution is -2.52. The third-order valence-corrected chi connectivity index (χ3v) is 8.35. The zero-order chi connectivity index (χ0) is 24.7. The fourth-order valence-electron chi connectivity index (χ4n) is 4.31. The number of hydrogen-bond acceptors (Lipinski definition) is 6. The molecule has 2 fully saturated rings. The Bertz CT molecular complexity index is 963. The zero-order valence-electron chi connectivity index (χ0n) is 20.1. The molecule has 2 heterocycles. The van der Waals surface area contributed by atoms with E-state index in [1.54, 1.807) is 45.3 Å². The Morgan fingerprint density at radius 1 is 0.882 bits per heavy atom. The van der Waals surface area contributed by atoms with Gasteiger partial charge in [0.05, 0.1) is 4.90 Å². The maximum absolute atomic E-state index is 12.9. The summed E-state index contributed by atoms with van der Waals surface area (Å²) >= 11 is 0. The minimum Gasteiger partial charge on any atom is -0.453 e. The van der Waals surface area contributed by atoms with E-state index in [0.29, 0.717) is 45.7 Å². The number of carbonyl (C=O) groups excluding carboxylic acids is 3. The molecule has 3 rings (SSSR count). The first-order valence-electron chi connectivity index (χ1n) is 12.0. The number of piperazine rings is 1. The van der Waals surface area contributed by atoms with Crippen molar-refractivity contribution < 1.29 is 27.5 Å². The van der Waals surface area contributed by atoms with Crippen molar-refractivity contribution in [3.05, 3.63) is 29.8 Å². The van der Waals surface area contributed by atoms with Gasteiger partial charge in [0.25, 0.3) is 5.91 Å². The van der Waals surface area contributed by atoms with E-state index in [9.17, 15) is 22.8 Å². The van der Waals surface area contributed by atoms with Crippen molar-refractivity contribution in [3.8, 4) is 0 Å². The summed E-state index contributed by atoms with van der Waals surface area (Å²) in [6.07, 6.45) is 3.47. The standard InChI is InChI=1S/C24H35N3O6S/c1-19(24(30)26-17-15-25(16-18-26)20(2)28)33-23(29)12-9-21-7-10-22(11-8-21)34(31,32)27-13-5-3-4-6-14-27/h7-8,10-11,19H,3-6,9,12-18H2,1-2H3.